The highest BCUT2D eigenvalue weighted by Crippen LogP contribution is 2.15. The molecule has 0 aromatic carbocycles. The lowest BCUT2D eigenvalue weighted by atomic mass is 10.3. The van der Waals surface area contributed by atoms with E-state index in [1.807, 2.05) is 19.1 Å². The maximum absolute atomic E-state index is 11.4. The number of aliphatic hydroxyl groups excluding tert-OH is 1. The number of aryl methyl sites for hydroxylation is 1. The third-order valence-electron chi connectivity index (χ3n) is 1.81. The molecule has 1 rings (SSSR count). The molecule has 0 fully saturated rings. The lowest BCUT2D eigenvalue weighted by Crippen LogP contribution is -2.35. The lowest BCUT2D eigenvalue weighted by molar-refractivity contribution is -0.121. The van der Waals surface area contributed by atoms with Gasteiger partial charge in [0.25, 0.3) is 0 Å². The van der Waals surface area contributed by atoms with Crippen LogP contribution >= 0.6 is 11.3 Å². The number of amides is 1. The number of hydrogen-bond donors (Lipinski definition) is 2. The Kier molecular flexibility index (Phi) is 4.10. The second-order valence-corrected chi connectivity index (χ2v) is 4.71. The van der Waals surface area contributed by atoms with Gasteiger partial charge in [-0.3, -0.25) is 4.79 Å². The van der Waals surface area contributed by atoms with Gasteiger partial charge in [-0.1, -0.05) is 0 Å². The number of rotatable bonds is 4. The number of thiophene rings is 1. The van der Waals surface area contributed by atoms with E-state index in [2.05, 4.69) is 5.32 Å². The molecule has 1 amide bonds. The Hall–Kier alpha value is -0.870. The quantitative estimate of drug-likeness (QED) is 0.786. The maximum atomic E-state index is 11.4. The van der Waals surface area contributed by atoms with Crippen molar-refractivity contribution >= 4 is 17.2 Å². The Morgan fingerprint density at radius 2 is 2.36 bits per heavy atom. The van der Waals surface area contributed by atoms with Crippen molar-refractivity contribution in [3.05, 3.63) is 21.9 Å². The van der Waals surface area contributed by atoms with E-state index >= 15 is 0 Å². The van der Waals surface area contributed by atoms with Crippen LogP contribution in [0.3, 0.4) is 0 Å². The minimum absolute atomic E-state index is 0.0186. The predicted molar refractivity (Wildman–Crippen MR) is 57.5 cm³/mol. The van der Waals surface area contributed by atoms with Gasteiger partial charge in [-0.05, 0) is 26.0 Å². The Labute approximate surface area is 87.8 Å². The van der Waals surface area contributed by atoms with Crippen LogP contribution in [0.2, 0.25) is 0 Å². The van der Waals surface area contributed by atoms with Crippen molar-refractivity contribution < 1.29 is 9.90 Å². The summed E-state index contributed by atoms with van der Waals surface area (Å²) in [5.41, 5.74) is 0. The number of hydrogen-bond acceptors (Lipinski definition) is 3. The largest absolute Gasteiger partial charge is 0.394 e. The first-order valence-electron chi connectivity index (χ1n) is 4.57. The molecule has 2 N–H and O–H groups in total. The van der Waals surface area contributed by atoms with Crippen LogP contribution < -0.4 is 5.32 Å². The van der Waals surface area contributed by atoms with Crippen molar-refractivity contribution in [3.63, 3.8) is 0 Å². The summed E-state index contributed by atoms with van der Waals surface area (Å²) in [4.78, 5) is 13.6. The van der Waals surface area contributed by atoms with Crippen LogP contribution in [0.4, 0.5) is 0 Å². The summed E-state index contributed by atoms with van der Waals surface area (Å²) >= 11 is 1.63. The molecule has 0 bridgehead atoms. The average Bonchev–Trinajstić information content (AvgIpc) is 2.50. The van der Waals surface area contributed by atoms with Crippen molar-refractivity contribution in [2.45, 2.75) is 26.3 Å². The van der Waals surface area contributed by atoms with E-state index < -0.39 is 0 Å². The smallest absolute Gasteiger partial charge is 0.225 e. The zero-order valence-corrected chi connectivity index (χ0v) is 9.23. The first-order valence-corrected chi connectivity index (χ1v) is 5.39. The van der Waals surface area contributed by atoms with Crippen LogP contribution in [0.5, 0.6) is 0 Å². The highest BCUT2D eigenvalue weighted by Gasteiger charge is 2.07. The predicted octanol–water partition coefficient (Wildman–Crippen LogP) is 1.10. The molecule has 0 saturated carbocycles. The van der Waals surface area contributed by atoms with Crippen LogP contribution in [0.15, 0.2) is 12.1 Å². The lowest BCUT2D eigenvalue weighted by Gasteiger charge is -2.09. The fourth-order valence-corrected chi connectivity index (χ4v) is 2.00. The second kappa shape index (κ2) is 5.12. The Morgan fingerprint density at radius 3 is 2.86 bits per heavy atom. The summed E-state index contributed by atoms with van der Waals surface area (Å²) in [6.07, 6.45) is 0.406. The minimum atomic E-state index is -0.163. The second-order valence-electron chi connectivity index (χ2n) is 3.34. The molecule has 14 heavy (non-hydrogen) atoms. The zero-order chi connectivity index (χ0) is 10.6. The number of carbonyl (C=O) groups excluding carboxylic acids is 1. The van der Waals surface area contributed by atoms with E-state index in [0.29, 0.717) is 6.42 Å². The van der Waals surface area contributed by atoms with E-state index in [-0.39, 0.29) is 18.6 Å². The van der Waals surface area contributed by atoms with Crippen LogP contribution in [-0.2, 0) is 11.2 Å². The van der Waals surface area contributed by atoms with Gasteiger partial charge in [0, 0.05) is 15.8 Å². The van der Waals surface area contributed by atoms with Crippen molar-refractivity contribution in [1.29, 1.82) is 0 Å². The molecule has 1 atom stereocenters. The van der Waals surface area contributed by atoms with Crippen molar-refractivity contribution in [1.82, 2.24) is 5.32 Å². The van der Waals surface area contributed by atoms with Crippen LogP contribution in [0, 0.1) is 6.92 Å². The molecule has 4 heteroatoms. The summed E-state index contributed by atoms with van der Waals surface area (Å²) in [5, 5.41) is 11.4. The Morgan fingerprint density at radius 1 is 1.64 bits per heavy atom. The number of aliphatic hydroxyl groups is 1. The Bertz CT molecular complexity index is 309. The average molecular weight is 213 g/mol. The van der Waals surface area contributed by atoms with Crippen molar-refractivity contribution in [2.75, 3.05) is 6.61 Å². The van der Waals surface area contributed by atoms with Gasteiger partial charge >= 0.3 is 0 Å². The molecule has 0 saturated heterocycles. The highest BCUT2D eigenvalue weighted by molar-refractivity contribution is 7.12. The molecule has 0 radical (unpaired) electrons. The molecule has 78 valence electrons. The fourth-order valence-electron chi connectivity index (χ4n) is 1.11. The maximum Gasteiger partial charge on any atom is 0.225 e. The fraction of sp³-hybridized carbons (Fsp3) is 0.500. The van der Waals surface area contributed by atoms with Gasteiger partial charge in [-0.25, -0.2) is 0 Å². The molecular formula is C10H15NO2S. The summed E-state index contributed by atoms with van der Waals surface area (Å²) < 4.78 is 0. The first kappa shape index (κ1) is 11.2. The molecule has 3 nitrogen and oxygen atoms in total. The summed E-state index contributed by atoms with van der Waals surface area (Å²) in [6, 6.07) is 3.80. The van der Waals surface area contributed by atoms with Crippen LogP contribution in [0.25, 0.3) is 0 Å². The van der Waals surface area contributed by atoms with E-state index in [0.717, 1.165) is 4.88 Å². The van der Waals surface area contributed by atoms with E-state index in [4.69, 9.17) is 5.11 Å². The zero-order valence-electron chi connectivity index (χ0n) is 8.41. The van der Waals surface area contributed by atoms with E-state index in [9.17, 15) is 4.79 Å². The van der Waals surface area contributed by atoms with Crippen molar-refractivity contribution in [2.24, 2.45) is 0 Å². The third-order valence-corrected chi connectivity index (χ3v) is 2.81. The molecule has 1 unspecified atom stereocenters. The standard InChI is InChI=1S/C10H15NO2S/c1-7(6-12)11-10(13)5-9-4-3-8(2)14-9/h3-4,7,12H,5-6H2,1-2H3,(H,11,13). The SMILES string of the molecule is Cc1ccc(CC(=O)NC(C)CO)s1. The minimum Gasteiger partial charge on any atom is -0.394 e. The molecule has 1 aromatic rings. The molecule has 1 heterocycles. The van der Waals surface area contributed by atoms with Gasteiger partial charge in [-0.15, -0.1) is 11.3 Å². The molecule has 0 spiro atoms. The normalized spacial score (nSPS) is 12.5. The van der Waals surface area contributed by atoms with Gasteiger partial charge in [0.2, 0.25) is 5.91 Å². The summed E-state index contributed by atoms with van der Waals surface area (Å²) in [7, 11) is 0. The van der Waals surface area contributed by atoms with Crippen LogP contribution in [0.1, 0.15) is 16.7 Å². The molecule has 1 aromatic heterocycles. The first-order chi connectivity index (χ1) is 6.61. The highest BCUT2D eigenvalue weighted by atomic mass is 32.1. The molecular weight excluding hydrogens is 198 g/mol. The van der Waals surface area contributed by atoms with Gasteiger partial charge in [0.15, 0.2) is 0 Å². The monoisotopic (exact) mass is 213 g/mol. The number of carbonyl (C=O) groups is 1. The van der Waals surface area contributed by atoms with Crippen LogP contribution in [-0.4, -0.2) is 23.7 Å². The van der Waals surface area contributed by atoms with Gasteiger partial charge in [-0.2, -0.15) is 0 Å². The molecule has 0 aliphatic rings. The Balaban J connectivity index is 2.41. The van der Waals surface area contributed by atoms with E-state index in [1.165, 1.54) is 4.88 Å². The number of nitrogens with one attached hydrogen (secondary N) is 1. The molecule has 0 aliphatic heterocycles. The van der Waals surface area contributed by atoms with Gasteiger partial charge < -0.3 is 10.4 Å². The van der Waals surface area contributed by atoms with E-state index in [1.54, 1.807) is 18.3 Å². The molecule has 0 aliphatic carbocycles. The van der Waals surface area contributed by atoms with Gasteiger partial charge in [0.05, 0.1) is 13.0 Å². The summed E-state index contributed by atoms with van der Waals surface area (Å²) in [6.45, 7) is 3.77. The van der Waals surface area contributed by atoms with Crippen molar-refractivity contribution in [3.8, 4) is 0 Å². The van der Waals surface area contributed by atoms with Gasteiger partial charge in [0.1, 0.15) is 0 Å². The third kappa shape index (κ3) is 3.47. The topological polar surface area (TPSA) is 49.3 Å². The summed E-state index contributed by atoms with van der Waals surface area (Å²) in [5.74, 6) is -0.0339.